The fourth-order valence-electron chi connectivity index (χ4n) is 2.75. The number of nitrogens with one attached hydrogen (secondary N) is 1. The number of unbranched alkanes of at least 4 members (excludes halogenated alkanes) is 2. The van der Waals surface area contributed by atoms with Gasteiger partial charge in [-0.1, -0.05) is 66.0 Å². The van der Waals surface area contributed by atoms with Crippen LogP contribution in [0.15, 0.2) is 58.0 Å². The van der Waals surface area contributed by atoms with Crippen molar-refractivity contribution in [1.82, 2.24) is 0 Å². The number of rotatable bonds is 6. The van der Waals surface area contributed by atoms with Gasteiger partial charge < -0.3 is 10.1 Å². The number of hydrogen-bond donors (Lipinski definition) is 1. The maximum Gasteiger partial charge on any atom is 0.276 e. The van der Waals surface area contributed by atoms with Crippen LogP contribution in [0.5, 0.6) is 0 Å². The van der Waals surface area contributed by atoms with Crippen LogP contribution >= 0.6 is 15.9 Å². The number of anilines is 1. The lowest BCUT2D eigenvalue weighted by atomic mass is 10.0. The number of amides is 1. The first-order valence-electron chi connectivity index (χ1n) is 8.54. The van der Waals surface area contributed by atoms with E-state index >= 15 is 0 Å². The highest BCUT2D eigenvalue weighted by atomic mass is 79.9. The van der Waals surface area contributed by atoms with E-state index in [1.807, 2.05) is 48.5 Å². The van der Waals surface area contributed by atoms with Gasteiger partial charge in [0.25, 0.3) is 5.91 Å². The number of carbonyl (C=O) groups excluding carboxylic acids is 1. The first kappa shape index (κ1) is 17.8. The molecule has 1 amide bonds. The molecule has 0 spiro atoms. The molecule has 1 aliphatic heterocycles. The Balaban J connectivity index is 1.98. The smallest absolute Gasteiger partial charge is 0.276 e. The Morgan fingerprint density at radius 1 is 1.16 bits per heavy atom. The van der Waals surface area contributed by atoms with Gasteiger partial charge in [0.1, 0.15) is 0 Å². The average Bonchev–Trinajstić information content (AvgIpc) is 2.76. The van der Waals surface area contributed by atoms with Gasteiger partial charge >= 0.3 is 0 Å². The number of fused-ring (bicyclic) bond motifs is 1. The quantitative estimate of drug-likeness (QED) is 0.709. The predicted molar refractivity (Wildman–Crippen MR) is 104 cm³/mol. The fourth-order valence-corrected chi connectivity index (χ4v) is 3.11. The van der Waals surface area contributed by atoms with E-state index in [4.69, 9.17) is 4.74 Å². The molecule has 3 rings (SSSR count). The van der Waals surface area contributed by atoms with E-state index in [2.05, 4.69) is 33.2 Å². The lowest BCUT2D eigenvalue weighted by Crippen LogP contribution is -2.28. The predicted octanol–water partition coefficient (Wildman–Crippen LogP) is 4.77. The molecule has 0 aliphatic carbocycles. The van der Waals surface area contributed by atoms with Crippen LogP contribution in [-0.2, 0) is 9.53 Å². The Morgan fingerprint density at radius 2 is 1.96 bits per heavy atom. The number of carbonyl (C=O) groups is 1. The summed E-state index contributed by atoms with van der Waals surface area (Å²) in [6, 6.07) is 15.6. The Hall–Kier alpha value is -1.98. The monoisotopic (exact) mass is 400 g/mol. The zero-order chi connectivity index (χ0) is 17.6. The van der Waals surface area contributed by atoms with E-state index in [-0.39, 0.29) is 5.91 Å². The second-order valence-electron chi connectivity index (χ2n) is 5.95. The molecule has 130 valence electrons. The van der Waals surface area contributed by atoms with Crippen molar-refractivity contribution in [2.75, 3.05) is 11.9 Å². The second kappa shape index (κ2) is 8.41. The summed E-state index contributed by atoms with van der Waals surface area (Å²) in [6.45, 7) is 2.66. The third-order valence-electron chi connectivity index (χ3n) is 4.04. The molecule has 1 heterocycles. The molecule has 1 atom stereocenters. The molecule has 5 heteroatoms. The first-order chi connectivity index (χ1) is 12.2. The molecule has 25 heavy (non-hydrogen) atoms. The first-order valence-corrected chi connectivity index (χ1v) is 9.34. The Morgan fingerprint density at radius 3 is 2.72 bits per heavy atom. The number of halogens is 1. The topological polar surface area (TPSA) is 50.7 Å². The minimum Gasteiger partial charge on any atom is -0.348 e. The van der Waals surface area contributed by atoms with Crippen molar-refractivity contribution in [1.29, 1.82) is 0 Å². The van der Waals surface area contributed by atoms with Crippen LogP contribution in [0, 0.1) is 0 Å². The van der Waals surface area contributed by atoms with Crippen molar-refractivity contribution in [3.63, 3.8) is 0 Å². The van der Waals surface area contributed by atoms with Gasteiger partial charge in [-0.15, -0.1) is 0 Å². The highest BCUT2D eigenvalue weighted by Gasteiger charge is 2.26. The lowest BCUT2D eigenvalue weighted by Gasteiger charge is -2.12. The summed E-state index contributed by atoms with van der Waals surface area (Å²) in [4.78, 5) is 17.2. The van der Waals surface area contributed by atoms with Crippen LogP contribution in [0.2, 0.25) is 0 Å². The molecule has 0 radical (unpaired) electrons. The molecule has 1 aliphatic rings. The molecule has 2 aromatic carbocycles. The van der Waals surface area contributed by atoms with Gasteiger partial charge in [-0.2, -0.15) is 0 Å². The van der Waals surface area contributed by atoms with Crippen LogP contribution in [-0.4, -0.2) is 24.5 Å². The maximum absolute atomic E-state index is 12.5. The van der Waals surface area contributed by atoms with E-state index in [0.29, 0.717) is 6.61 Å². The number of ether oxygens (including phenoxy) is 1. The van der Waals surface area contributed by atoms with Crippen LogP contribution in [0.3, 0.4) is 0 Å². The molecule has 0 saturated heterocycles. The highest BCUT2D eigenvalue weighted by Crippen LogP contribution is 2.27. The van der Waals surface area contributed by atoms with Gasteiger partial charge in [-0.25, -0.2) is 4.99 Å². The van der Waals surface area contributed by atoms with E-state index in [1.54, 1.807) is 0 Å². The summed E-state index contributed by atoms with van der Waals surface area (Å²) in [5.74, 6) is -0.231. The summed E-state index contributed by atoms with van der Waals surface area (Å²) < 4.78 is 6.72. The largest absolute Gasteiger partial charge is 0.348 e. The highest BCUT2D eigenvalue weighted by molar-refractivity contribution is 9.10. The van der Waals surface area contributed by atoms with Crippen molar-refractivity contribution in [3.8, 4) is 0 Å². The molecule has 0 bridgehead atoms. The Kier molecular flexibility index (Phi) is 6.00. The normalized spacial score (nSPS) is 16.6. The van der Waals surface area contributed by atoms with Crippen molar-refractivity contribution >= 4 is 33.2 Å². The van der Waals surface area contributed by atoms with Crippen LogP contribution in [0.25, 0.3) is 0 Å². The summed E-state index contributed by atoms with van der Waals surface area (Å²) in [5.41, 5.74) is 3.35. The van der Waals surface area contributed by atoms with Crippen LogP contribution < -0.4 is 5.32 Å². The van der Waals surface area contributed by atoms with Crippen molar-refractivity contribution in [2.45, 2.75) is 32.4 Å². The number of benzene rings is 2. The van der Waals surface area contributed by atoms with Gasteiger partial charge in [0.05, 0.1) is 11.4 Å². The minimum absolute atomic E-state index is 0.231. The summed E-state index contributed by atoms with van der Waals surface area (Å²) in [7, 11) is 0. The molecule has 0 saturated carbocycles. The molecular weight excluding hydrogens is 380 g/mol. The van der Waals surface area contributed by atoms with Gasteiger partial charge in [0.2, 0.25) is 6.23 Å². The molecule has 4 nitrogen and oxygen atoms in total. The molecule has 1 N–H and O–H groups in total. The molecule has 0 aromatic heterocycles. The minimum atomic E-state index is -0.835. The van der Waals surface area contributed by atoms with Gasteiger partial charge in [0, 0.05) is 22.2 Å². The molecule has 1 unspecified atom stereocenters. The van der Waals surface area contributed by atoms with Gasteiger partial charge in [-0.3, -0.25) is 4.79 Å². The summed E-state index contributed by atoms with van der Waals surface area (Å²) in [6.07, 6.45) is 2.28. The maximum atomic E-state index is 12.5. The standard InChI is InChI=1S/C20H21BrN2O2/c1-2-3-7-12-25-20-19(24)22-17-11-10-15(21)13-16(17)18(23-20)14-8-5-4-6-9-14/h4-6,8-11,13,20H,2-3,7,12H2,1H3,(H,22,24). The summed E-state index contributed by atoms with van der Waals surface area (Å²) in [5, 5.41) is 2.94. The fraction of sp³-hybridized carbons (Fsp3) is 0.300. The second-order valence-corrected chi connectivity index (χ2v) is 6.87. The van der Waals surface area contributed by atoms with E-state index < -0.39 is 6.23 Å². The molecule has 0 fully saturated rings. The van der Waals surface area contributed by atoms with E-state index in [0.717, 1.165) is 46.3 Å². The third-order valence-corrected chi connectivity index (χ3v) is 4.53. The van der Waals surface area contributed by atoms with Crippen LogP contribution in [0.4, 0.5) is 5.69 Å². The van der Waals surface area contributed by atoms with Gasteiger partial charge in [0.15, 0.2) is 0 Å². The molecular formula is C20H21BrN2O2. The molecule has 2 aromatic rings. The van der Waals surface area contributed by atoms with Crippen molar-refractivity contribution in [2.24, 2.45) is 4.99 Å². The van der Waals surface area contributed by atoms with Crippen molar-refractivity contribution in [3.05, 3.63) is 64.1 Å². The lowest BCUT2D eigenvalue weighted by molar-refractivity contribution is -0.126. The number of aliphatic imine (C=N–C) groups is 1. The Labute approximate surface area is 156 Å². The number of benzodiazepines with no additional fused rings is 1. The zero-order valence-corrected chi connectivity index (χ0v) is 15.8. The average molecular weight is 401 g/mol. The third kappa shape index (κ3) is 4.35. The summed E-state index contributed by atoms with van der Waals surface area (Å²) >= 11 is 3.51. The Bertz CT molecular complexity index is 775. The number of hydrogen-bond acceptors (Lipinski definition) is 3. The van der Waals surface area contributed by atoms with Crippen molar-refractivity contribution < 1.29 is 9.53 Å². The zero-order valence-electron chi connectivity index (χ0n) is 14.2. The number of nitrogens with zero attached hydrogens (tertiary/aromatic N) is 1. The van der Waals surface area contributed by atoms with E-state index in [1.165, 1.54) is 0 Å². The SMILES string of the molecule is CCCCCOC1N=C(c2ccccc2)c2cc(Br)ccc2NC1=O. The van der Waals surface area contributed by atoms with Crippen LogP contribution in [0.1, 0.15) is 37.3 Å². The van der Waals surface area contributed by atoms with Gasteiger partial charge in [-0.05, 0) is 24.6 Å². The van der Waals surface area contributed by atoms with E-state index in [9.17, 15) is 4.79 Å².